The number of thiocarbonyl (C=S) groups is 1. The van der Waals surface area contributed by atoms with Gasteiger partial charge in [-0.25, -0.2) is 4.98 Å². The van der Waals surface area contributed by atoms with Gasteiger partial charge in [0.2, 0.25) is 0 Å². The molecule has 0 radical (unpaired) electrons. The Morgan fingerprint density at radius 1 is 1.12 bits per heavy atom. The van der Waals surface area contributed by atoms with Crippen molar-refractivity contribution >= 4 is 45.5 Å². The van der Waals surface area contributed by atoms with Gasteiger partial charge in [0.25, 0.3) is 11.6 Å². The second kappa shape index (κ2) is 9.55. The lowest BCUT2D eigenvalue weighted by molar-refractivity contribution is -0.384. The molecule has 0 atom stereocenters. The first-order valence-electron chi connectivity index (χ1n) is 10.0. The number of nitrogens with one attached hydrogen (secondary N) is 3. The zero-order valence-electron chi connectivity index (χ0n) is 18.1. The average Bonchev–Trinajstić information content (AvgIpc) is 3.28. The number of nitro benzene ring substituents is 1. The lowest BCUT2D eigenvalue weighted by Gasteiger charge is -2.14. The van der Waals surface area contributed by atoms with E-state index in [1.807, 2.05) is 31.2 Å². The van der Waals surface area contributed by atoms with Crippen molar-refractivity contribution < 1.29 is 18.9 Å². The van der Waals surface area contributed by atoms with Crippen LogP contribution in [0.15, 0.2) is 65.1 Å². The summed E-state index contributed by atoms with van der Waals surface area (Å²) >= 11 is 5.24. The first kappa shape index (κ1) is 22.7. The van der Waals surface area contributed by atoms with E-state index in [-0.39, 0.29) is 16.5 Å². The number of methoxy groups -OCH3 is 1. The summed E-state index contributed by atoms with van der Waals surface area (Å²) < 4.78 is 10.8. The minimum atomic E-state index is -0.527. The predicted octanol–water partition coefficient (Wildman–Crippen LogP) is 4.35. The zero-order valence-corrected chi connectivity index (χ0v) is 18.9. The van der Waals surface area contributed by atoms with E-state index >= 15 is 0 Å². The van der Waals surface area contributed by atoms with Crippen molar-refractivity contribution in [3.8, 4) is 17.2 Å². The van der Waals surface area contributed by atoms with E-state index in [0.29, 0.717) is 33.6 Å². The molecule has 0 spiro atoms. The summed E-state index contributed by atoms with van der Waals surface area (Å²) in [5, 5.41) is 14.5. The second-order valence-corrected chi connectivity index (χ2v) is 7.57. The van der Waals surface area contributed by atoms with Crippen LogP contribution in [-0.4, -0.2) is 28.0 Å². The SMILES string of the molecule is COc1cc([N+](=O)[O-])ccc1NC(=S)NNC(=O)c1cc(-c2ccc(C)o2)nc2ccccc12. The van der Waals surface area contributed by atoms with Crippen LogP contribution in [0.1, 0.15) is 16.1 Å². The fourth-order valence-corrected chi connectivity index (χ4v) is 3.45. The van der Waals surface area contributed by atoms with Gasteiger partial charge < -0.3 is 14.5 Å². The van der Waals surface area contributed by atoms with Crippen LogP contribution in [0.5, 0.6) is 5.75 Å². The van der Waals surface area contributed by atoms with Gasteiger partial charge >= 0.3 is 0 Å². The van der Waals surface area contributed by atoms with Crippen LogP contribution in [0.2, 0.25) is 0 Å². The Labute approximate surface area is 199 Å². The van der Waals surface area contributed by atoms with Crippen molar-refractivity contribution in [2.45, 2.75) is 6.92 Å². The topological polar surface area (TPSA) is 132 Å². The van der Waals surface area contributed by atoms with Gasteiger partial charge in [-0.3, -0.25) is 25.8 Å². The van der Waals surface area contributed by atoms with Crippen molar-refractivity contribution in [1.29, 1.82) is 0 Å². The van der Waals surface area contributed by atoms with Crippen molar-refractivity contribution in [1.82, 2.24) is 15.8 Å². The van der Waals surface area contributed by atoms with Crippen LogP contribution in [0.3, 0.4) is 0 Å². The van der Waals surface area contributed by atoms with E-state index in [0.717, 1.165) is 5.76 Å². The Balaban J connectivity index is 1.52. The van der Waals surface area contributed by atoms with Crippen molar-refractivity contribution in [2.24, 2.45) is 0 Å². The van der Waals surface area contributed by atoms with E-state index in [9.17, 15) is 14.9 Å². The molecule has 0 aliphatic rings. The first-order valence-corrected chi connectivity index (χ1v) is 10.4. The minimum Gasteiger partial charge on any atom is -0.494 e. The maximum atomic E-state index is 13.0. The van der Waals surface area contributed by atoms with E-state index in [1.165, 1.54) is 25.3 Å². The van der Waals surface area contributed by atoms with E-state index in [1.54, 1.807) is 18.2 Å². The van der Waals surface area contributed by atoms with Gasteiger partial charge in [-0.15, -0.1) is 0 Å². The van der Waals surface area contributed by atoms with E-state index in [4.69, 9.17) is 21.4 Å². The highest BCUT2D eigenvalue weighted by Crippen LogP contribution is 2.29. The number of rotatable bonds is 5. The Morgan fingerprint density at radius 2 is 1.91 bits per heavy atom. The van der Waals surface area contributed by atoms with Gasteiger partial charge in [-0.05, 0) is 49.5 Å². The number of nitrogens with zero attached hydrogens (tertiary/aromatic N) is 2. The number of aryl methyl sites for hydroxylation is 1. The summed E-state index contributed by atoms with van der Waals surface area (Å²) in [6.45, 7) is 1.83. The summed E-state index contributed by atoms with van der Waals surface area (Å²) in [5.74, 6) is 1.06. The first-order chi connectivity index (χ1) is 16.4. The number of carbonyl (C=O) groups is 1. The Hall–Kier alpha value is -4.51. The molecular formula is C23H19N5O5S. The number of hydrogen-bond acceptors (Lipinski definition) is 7. The number of hydrazine groups is 1. The standard InChI is InChI=1S/C23H19N5O5S/c1-13-7-10-20(33-13)19-12-16(15-5-3-4-6-17(15)24-19)22(29)26-27-23(34)25-18-9-8-14(28(30)31)11-21(18)32-2/h3-12H,1-2H3,(H,26,29)(H2,25,27,34). The maximum Gasteiger partial charge on any atom is 0.273 e. The maximum absolute atomic E-state index is 13.0. The predicted molar refractivity (Wildman–Crippen MR) is 131 cm³/mol. The number of carbonyl (C=O) groups excluding carboxylic acids is 1. The molecule has 1 amide bonds. The third kappa shape index (κ3) is 4.79. The van der Waals surface area contributed by atoms with Gasteiger partial charge in [0.15, 0.2) is 10.9 Å². The van der Waals surface area contributed by atoms with E-state index in [2.05, 4.69) is 21.2 Å². The highest BCUT2D eigenvalue weighted by atomic mass is 32.1. The fraction of sp³-hybridized carbons (Fsp3) is 0.0870. The van der Waals surface area contributed by atoms with Crippen LogP contribution >= 0.6 is 12.2 Å². The minimum absolute atomic E-state index is 0.0562. The zero-order chi connectivity index (χ0) is 24.2. The van der Waals surface area contributed by atoms with Gasteiger partial charge in [-0.1, -0.05) is 18.2 Å². The molecule has 4 aromatic rings. The number of furan rings is 1. The molecule has 2 aromatic carbocycles. The highest BCUT2D eigenvalue weighted by Gasteiger charge is 2.16. The number of anilines is 1. The summed E-state index contributed by atoms with van der Waals surface area (Å²) in [6.07, 6.45) is 0. The number of non-ortho nitro benzene ring substituents is 1. The molecular weight excluding hydrogens is 458 g/mol. The van der Waals surface area contributed by atoms with Crippen LogP contribution in [-0.2, 0) is 0 Å². The largest absolute Gasteiger partial charge is 0.494 e. The number of fused-ring (bicyclic) bond motifs is 1. The van der Waals surface area contributed by atoms with Crippen molar-refractivity contribution in [2.75, 3.05) is 12.4 Å². The molecule has 3 N–H and O–H groups in total. The molecule has 0 fully saturated rings. The summed E-state index contributed by atoms with van der Waals surface area (Å²) in [7, 11) is 1.38. The van der Waals surface area contributed by atoms with Crippen molar-refractivity contribution in [3.63, 3.8) is 0 Å². The summed E-state index contributed by atoms with van der Waals surface area (Å²) in [5.41, 5.74) is 6.99. The number of aromatic nitrogens is 1. The molecule has 0 unspecified atom stereocenters. The molecule has 11 heteroatoms. The molecule has 172 valence electrons. The molecule has 0 aliphatic heterocycles. The monoisotopic (exact) mass is 477 g/mol. The van der Waals surface area contributed by atoms with Crippen molar-refractivity contribution in [3.05, 3.63) is 82.1 Å². The number of amides is 1. The third-order valence-corrected chi connectivity index (χ3v) is 5.09. The average molecular weight is 478 g/mol. The molecule has 2 aromatic heterocycles. The molecule has 0 bridgehead atoms. The lowest BCUT2D eigenvalue weighted by Crippen LogP contribution is -2.43. The fourth-order valence-electron chi connectivity index (χ4n) is 3.29. The quantitative estimate of drug-likeness (QED) is 0.218. The van der Waals surface area contributed by atoms with Gasteiger partial charge in [-0.2, -0.15) is 0 Å². The number of nitro groups is 1. The van der Waals surface area contributed by atoms with E-state index < -0.39 is 10.8 Å². The third-order valence-electron chi connectivity index (χ3n) is 4.89. The number of pyridine rings is 1. The highest BCUT2D eigenvalue weighted by molar-refractivity contribution is 7.80. The van der Waals surface area contributed by atoms with Gasteiger partial charge in [0, 0.05) is 11.5 Å². The summed E-state index contributed by atoms with van der Waals surface area (Å²) in [6, 6.07) is 16.6. The number of benzene rings is 2. The van der Waals surface area contributed by atoms with Crippen LogP contribution in [0, 0.1) is 17.0 Å². The number of para-hydroxylation sites is 1. The molecule has 10 nitrogen and oxygen atoms in total. The molecule has 34 heavy (non-hydrogen) atoms. The van der Waals surface area contributed by atoms with Crippen LogP contribution in [0.25, 0.3) is 22.4 Å². The van der Waals surface area contributed by atoms with Gasteiger partial charge in [0.05, 0.1) is 34.9 Å². The Kier molecular flexibility index (Phi) is 6.37. The Morgan fingerprint density at radius 3 is 2.62 bits per heavy atom. The molecule has 2 heterocycles. The molecule has 0 aliphatic carbocycles. The summed E-state index contributed by atoms with van der Waals surface area (Å²) in [4.78, 5) is 28.1. The number of hydrogen-bond donors (Lipinski definition) is 3. The van der Waals surface area contributed by atoms with Crippen LogP contribution in [0.4, 0.5) is 11.4 Å². The second-order valence-electron chi connectivity index (χ2n) is 7.16. The van der Waals surface area contributed by atoms with Gasteiger partial charge in [0.1, 0.15) is 17.2 Å². The van der Waals surface area contributed by atoms with Crippen LogP contribution < -0.4 is 20.9 Å². The normalized spacial score (nSPS) is 10.5. The molecule has 4 rings (SSSR count). The number of ether oxygens (including phenoxy) is 1. The molecule has 0 saturated carbocycles. The Bertz CT molecular complexity index is 1420. The lowest BCUT2D eigenvalue weighted by atomic mass is 10.1. The molecule has 0 saturated heterocycles. The smallest absolute Gasteiger partial charge is 0.273 e.